The molecule has 1 aliphatic heterocycles. The summed E-state index contributed by atoms with van der Waals surface area (Å²) in [6.07, 6.45) is 5.03. The van der Waals surface area contributed by atoms with Gasteiger partial charge in [0.15, 0.2) is 0 Å². The molecule has 2 amide bonds. The van der Waals surface area contributed by atoms with Gasteiger partial charge in [0, 0.05) is 50.2 Å². The van der Waals surface area contributed by atoms with Gasteiger partial charge in [-0.15, -0.1) is 11.3 Å². The number of carbonyl (C=O) groups is 2. The minimum Gasteiger partial charge on any atom is -0.469 e. The largest absolute Gasteiger partial charge is 0.469 e. The van der Waals surface area contributed by atoms with Gasteiger partial charge in [-0.3, -0.25) is 14.6 Å². The number of hydrogen-bond donors (Lipinski definition) is 1. The first kappa shape index (κ1) is 19.3. The van der Waals surface area contributed by atoms with Crippen LogP contribution in [0.5, 0.6) is 0 Å². The zero-order valence-electron chi connectivity index (χ0n) is 15.5. The lowest BCUT2D eigenvalue weighted by atomic mass is 10.0. The van der Waals surface area contributed by atoms with E-state index in [0.29, 0.717) is 25.9 Å². The van der Waals surface area contributed by atoms with E-state index >= 15 is 0 Å². The van der Waals surface area contributed by atoms with Crippen LogP contribution in [0, 0.1) is 0 Å². The molecule has 0 saturated carbocycles. The van der Waals surface area contributed by atoms with Crippen molar-refractivity contribution in [3.8, 4) is 0 Å². The first-order valence-corrected chi connectivity index (χ1v) is 9.59. The number of furan rings is 1. The van der Waals surface area contributed by atoms with E-state index in [0.717, 1.165) is 33.2 Å². The second-order valence-electron chi connectivity index (χ2n) is 6.26. The number of nitrogens with zero attached hydrogens (tertiary/aromatic N) is 2. The average molecular weight is 389 g/mol. The summed E-state index contributed by atoms with van der Waals surface area (Å²) in [5, 5.41) is 3.79. The molecular weight excluding hydrogens is 366 g/mol. The first-order valence-electron chi connectivity index (χ1n) is 8.78. The molecule has 1 aliphatic rings. The molecule has 0 atom stereocenters. The topological polar surface area (TPSA) is 84.1 Å². The Bertz CT molecular complexity index is 826. The average Bonchev–Trinajstić information content (AvgIpc) is 3.28. The molecule has 27 heavy (non-hydrogen) atoms. The maximum atomic E-state index is 12.4. The minimum atomic E-state index is -0.0666. The molecule has 2 aromatic rings. The highest BCUT2D eigenvalue weighted by atomic mass is 32.1. The van der Waals surface area contributed by atoms with Crippen molar-refractivity contribution in [2.75, 3.05) is 32.6 Å². The number of aliphatic imine (C=N–C) groups is 1. The molecule has 0 unspecified atom stereocenters. The van der Waals surface area contributed by atoms with E-state index in [1.807, 2.05) is 12.1 Å². The Hall–Kier alpha value is -2.45. The molecule has 7 nitrogen and oxygen atoms in total. The number of amides is 2. The highest BCUT2D eigenvalue weighted by Gasteiger charge is 2.26. The van der Waals surface area contributed by atoms with Gasteiger partial charge in [-0.1, -0.05) is 0 Å². The summed E-state index contributed by atoms with van der Waals surface area (Å²) in [6.45, 7) is 1.26. The van der Waals surface area contributed by atoms with Gasteiger partial charge in [-0.25, -0.2) is 0 Å². The molecule has 144 valence electrons. The molecule has 0 spiro atoms. The lowest BCUT2D eigenvalue weighted by molar-refractivity contribution is -0.136. The standard InChI is InChI=1S/C19H23N3O4S/c1-20-10-15-14-7-8-22(18(24)12-25-2)11-16(14)27-19(15)21-17(23)6-5-13-4-3-9-26-13/h3-4,9-10H,5-8,11-12H2,1-2H3,(H,21,23). The Morgan fingerprint density at radius 1 is 1.48 bits per heavy atom. The SMILES string of the molecule is CN=Cc1c(NC(=O)CCc2ccco2)sc2c1CCN(C(=O)COC)C2. The van der Waals surface area contributed by atoms with Crippen LogP contribution >= 0.6 is 11.3 Å². The summed E-state index contributed by atoms with van der Waals surface area (Å²) >= 11 is 1.51. The third-order valence-corrected chi connectivity index (χ3v) is 5.56. The van der Waals surface area contributed by atoms with Crippen LogP contribution in [0.4, 0.5) is 5.00 Å². The van der Waals surface area contributed by atoms with Crippen molar-refractivity contribution in [1.82, 2.24) is 4.90 Å². The molecule has 1 N–H and O–H groups in total. The molecule has 8 heteroatoms. The van der Waals surface area contributed by atoms with Crippen LogP contribution < -0.4 is 5.32 Å². The number of ether oxygens (including phenoxy) is 1. The lowest BCUT2D eigenvalue weighted by Crippen LogP contribution is -2.37. The van der Waals surface area contributed by atoms with Crippen molar-refractivity contribution in [3.05, 3.63) is 40.2 Å². The fraction of sp³-hybridized carbons (Fsp3) is 0.421. The molecule has 2 aromatic heterocycles. The van der Waals surface area contributed by atoms with E-state index in [9.17, 15) is 9.59 Å². The number of hydrogen-bond acceptors (Lipinski definition) is 6. The van der Waals surface area contributed by atoms with Crippen LogP contribution in [0.1, 0.15) is 28.2 Å². The fourth-order valence-electron chi connectivity index (χ4n) is 3.09. The van der Waals surface area contributed by atoms with Crippen LogP contribution in [-0.2, 0) is 33.7 Å². The van der Waals surface area contributed by atoms with E-state index in [-0.39, 0.29) is 18.4 Å². The van der Waals surface area contributed by atoms with Crippen LogP contribution in [0.3, 0.4) is 0 Å². The van der Waals surface area contributed by atoms with Crippen molar-refractivity contribution in [3.63, 3.8) is 0 Å². The van der Waals surface area contributed by atoms with Crippen LogP contribution in [0.25, 0.3) is 0 Å². The number of methoxy groups -OCH3 is 1. The van der Waals surface area contributed by atoms with Gasteiger partial charge in [0.1, 0.15) is 17.4 Å². The Labute approximate surface area is 162 Å². The van der Waals surface area contributed by atoms with Crippen molar-refractivity contribution in [2.24, 2.45) is 4.99 Å². The molecule has 0 aromatic carbocycles. The summed E-state index contributed by atoms with van der Waals surface area (Å²) in [5.41, 5.74) is 2.11. The summed E-state index contributed by atoms with van der Waals surface area (Å²) in [7, 11) is 3.23. The third-order valence-electron chi connectivity index (χ3n) is 4.41. The molecule has 0 fully saturated rings. The smallest absolute Gasteiger partial charge is 0.248 e. The fourth-order valence-corrected chi connectivity index (χ4v) is 4.35. The molecule has 3 rings (SSSR count). The van der Waals surface area contributed by atoms with Crippen molar-refractivity contribution >= 4 is 34.4 Å². The molecule has 0 aliphatic carbocycles. The molecule has 3 heterocycles. The molecular formula is C19H23N3O4S. The monoisotopic (exact) mass is 389 g/mol. The van der Waals surface area contributed by atoms with Gasteiger partial charge in [0.2, 0.25) is 11.8 Å². The maximum absolute atomic E-state index is 12.4. The second kappa shape index (κ2) is 8.96. The summed E-state index contributed by atoms with van der Waals surface area (Å²) in [6, 6.07) is 3.67. The second-order valence-corrected chi connectivity index (χ2v) is 7.36. The van der Waals surface area contributed by atoms with Crippen LogP contribution in [0.15, 0.2) is 27.8 Å². The van der Waals surface area contributed by atoms with E-state index < -0.39 is 0 Å². The van der Waals surface area contributed by atoms with Gasteiger partial charge >= 0.3 is 0 Å². The maximum Gasteiger partial charge on any atom is 0.248 e. The van der Waals surface area contributed by atoms with Crippen molar-refractivity contribution in [2.45, 2.75) is 25.8 Å². The number of nitrogens with one attached hydrogen (secondary N) is 1. The minimum absolute atomic E-state index is 0.0220. The number of fused-ring (bicyclic) bond motifs is 1. The molecule has 0 bridgehead atoms. The van der Waals surface area contributed by atoms with Crippen molar-refractivity contribution < 1.29 is 18.7 Å². The molecule has 0 saturated heterocycles. The number of carbonyl (C=O) groups excluding carboxylic acids is 2. The first-order chi connectivity index (χ1) is 13.1. The van der Waals surface area contributed by atoms with Gasteiger partial charge in [-0.05, 0) is 24.1 Å². The van der Waals surface area contributed by atoms with Crippen LogP contribution in [0.2, 0.25) is 0 Å². The highest BCUT2D eigenvalue weighted by molar-refractivity contribution is 7.16. The van der Waals surface area contributed by atoms with E-state index in [1.54, 1.807) is 24.4 Å². The normalized spacial score (nSPS) is 13.8. The van der Waals surface area contributed by atoms with Crippen LogP contribution in [-0.4, -0.2) is 50.2 Å². The van der Waals surface area contributed by atoms with Crippen molar-refractivity contribution in [1.29, 1.82) is 0 Å². The van der Waals surface area contributed by atoms with Gasteiger partial charge in [0.05, 0.1) is 12.8 Å². The Kier molecular flexibility index (Phi) is 6.41. The van der Waals surface area contributed by atoms with Gasteiger partial charge < -0.3 is 19.4 Å². The van der Waals surface area contributed by atoms with Gasteiger partial charge in [-0.2, -0.15) is 0 Å². The van der Waals surface area contributed by atoms with Gasteiger partial charge in [0.25, 0.3) is 0 Å². The predicted octanol–water partition coefficient (Wildman–Crippen LogP) is 2.49. The number of thiophene rings is 1. The Morgan fingerprint density at radius 3 is 3.04 bits per heavy atom. The summed E-state index contributed by atoms with van der Waals surface area (Å²) in [4.78, 5) is 31.5. The number of anilines is 1. The quantitative estimate of drug-likeness (QED) is 0.738. The third kappa shape index (κ3) is 4.64. The predicted molar refractivity (Wildman–Crippen MR) is 104 cm³/mol. The highest BCUT2D eigenvalue weighted by Crippen LogP contribution is 2.36. The number of rotatable bonds is 7. The summed E-state index contributed by atoms with van der Waals surface area (Å²) < 4.78 is 10.2. The molecule has 0 radical (unpaired) electrons. The zero-order chi connectivity index (χ0) is 19.2. The zero-order valence-corrected chi connectivity index (χ0v) is 16.3. The lowest BCUT2D eigenvalue weighted by Gasteiger charge is -2.26. The van der Waals surface area contributed by atoms with E-state index in [1.165, 1.54) is 18.4 Å². The Balaban J connectivity index is 1.72. The number of aryl methyl sites for hydroxylation is 1. The summed E-state index contributed by atoms with van der Waals surface area (Å²) in [5.74, 6) is 0.702. The van der Waals surface area contributed by atoms with E-state index in [4.69, 9.17) is 9.15 Å². The Morgan fingerprint density at radius 2 is 2.33 bits per heavy atom. The van der Waals surface area contributed by atoms with E-state index in [2.05, 4.69) is 10.3 Å².